The molecule has 2 amide bonds. The third kappa shape index (κ3) is 2.02. The second kappa shape index (κ2) is 4.30. The predicted octanol–water partition coefficient (Wildman–Crippen LogP) is -0.388. The molecule has 1 saturated heterocycles. The molecule has 2 rings (SSSR count). The van der Waals surface area contributed by atoms with E-state index in [2.05, 4.69) is 20.7 Å². The molecule has 1 aliphatic rings. The van der Waals surface area contributed by atoms with Crippen molar-refractivity contribution in [3.63, 3.8) is 0 Å². The van der Waals surface area contributed by atoms with Crippen LogP contribution >= 0.6 is 0 Å². The van der Waals surface area contributed by atoms with Crippen molar-refractivity contribution in [3.8, 4) is 0 Å². The molecule has 0 saturated carbocycles. The third-order valence-corrected chi connectivity index (χ3v) is 2.63. The van der Waals surface area contributed by atoms with Gasteiger partial charge in [0.2, 0.25) is 11.8 Å². The highest BCUT2D eigenvalue weighted by Crippen LogP contribution is 2.18. The molecular weight excluding hydrogens is 210 g/mol. The van der Waals surface area contributed by atoms with Gasteiger partial charge in [-0.3, -0.25) is 9.59 Å². The number of likely N-dealkylation sites (tertiary alicyclic amines) is 1. The highest BCUT2D eigenvalue weighted by atomic mass is 16.2. The lowest BCUT2D eigenvalue weighted by Crippen LogP contribution is -2.28. The summed E-state index contributed by atoms with van der Waals surface area (Å²) in [6.45, 7) is 3.03. The van der Waals surface area contributed by atoms with Crippen molar-refractivity contribution in [2.24, 2.45) is 5.92 Å². The van der Waals surface area contributed by atoms with Crippen LogP contribution in [0.4, 0.5) is 5.82 Å². The second-order valence-corrected chi connectivity index (χ2v) is 3.68. The Kier molecular flexibility index (Phi) is 2.84. The van der Waals surface area contributed by atoms with Gasteiger partial charge in [0.15, 0.2) is 5.82 Å². The Morgan fingerprint density at radius 3 is 3.12 bits per heavy atom. The predicted molar refractivity (Wildman–Crippen MR) is 55.4 cm³/mol. The number of nitrogens with zero attached hydrogens (tertiary/aromatic N) is 3. The maximum absolute atomic E-state index is 11.7. The fraction of sp³-hybridized carbons (Fsp3) is 0.556. The average molecular weight is 223 g/mol. The van der Waals surface area contributed by atoms with Crippen molar-refractivity contribution in [1.82, 2.24) is 20.3 Å². The Morgan fingerprint density at radius 2 is 2.56 bits per heavy atom. The van der Waals surface area contributed by atoms with Gasteiger partial charge in [0.05, 0.1) is 12.1 Å². The molecule has 0 radical (unpaired) electrons. The molecule has 2 heterocycles. The lowest BCUT2D eigenvalue weighted by Gasteiger charge is -2.12. The van der Waals surface area contributed by atoms with Crippen molar-refractivity contribution in [1.29, 1.82) is 0 Å². The highest BCUT2D eigenvalue weighted by molar-refractivity contribution is 5.96. The quantitative estimate of drug-likeness (QED) is 0.730. The summed E-state index contributed by atoms with van der Waals surface area (Å²) in [5.41, 5.74) is 0. The number of hydrogen-bond acceptors (Lipinski definition) is 4. The summed E-state index contributed by atoms with van der Waals surface area (Å²) in [4.78, 5) is 24.9. The number of amides is 2. The van der Waals surface area contributed by atoms with Crippen molar-refractivity contribution in [2.45, 2.75) is 13.3 Å². The molecule has 0 aliphatic carbocycles. The lowest BCUT2D eigenvalue weighted by atomic mass is 10.1. The van der Waals surface area contributed by atoms with E-state index in [4.69, 9.17) is 0 Å². The molecule has 86 valence electrons. The molecule has 1 aromatic rings. The molecule has 1 aromatic heterocycles. The number of aromatic nitrogens is 3. The first-order chi connectivity index (χ1) is 7.70. The summed E-state index contributed by atoms with van der Waals surface area (Å²) in [6, 6.07) is 0. The van der Waals surface area contributed by atoms with E-state index in [-0.39, 0.29) is 24.2 Å². The summed E-state index contributed by atoms with van der Waals surface area (Å²) >= 11 is 0. The van der Waals surface area contributed by atoms with Crippen LogP contribution in [-0.4, -0.2) is 45.2 Å². The Balaban J connectivity index is 1.94. The molecule has 1 aliphatic heterocycles. The summed E-state index contributed by atoms with van der Waals surface area (Å²) in [6.07, 6.45) is 1.70. The summed E-state index contributed by atoms with van der Waals surface area (Å²) in [5, 5.41) is 12.3. The molecule has 7 heteroatoms. The van der Waals surface area contributed by atoms with Crippen molar-refractivity contribution >= 4 is 17.6 Å². The van der Waals surface area contributed by atoms with Crippen LogP contribution in [0.2, 0.25) is 0 Å². The molecule has 2 N–H and O–H groups in total. The van der Waals surface area contributed by atoms with Crippen LogP contribution in [0.25, 0.3) is 0 Å². The lowest BCUT2D eigenvalue weighted by molar-refractivity contribution is -0.128. The van der Waals surface area contributed by atoms with Gasteiger partial charge in [-0.15, -0.1) is 5.10 Å². The van der Waals surface area contributed by atoms with E-state index in [0.29, 0.717) is 18.9 Å². The van der Waals surface area contributed by atoms with Crippen molar-refractivity contribution in [2.75, 3.05) is 18.4 Å². The Morgan fingerprint density at radius 1 is 1.75 bits per heavy atom. The van der Waals surface area contributed by atoms with E-state index in [1.54, 1.807) is 4.90 Å². The van der Waals surface area contributed by atoms with E-state index in [9.17, 15) is 9.59 Å². The van der Waals surface area contributed by atoms with Crippen LogP contribution in [-0.2, 0) is 9.59 Å². The number of carbonyl (C=O) groups is 2. The van der Waals surface area contributed by atoms with Crippen molar-refractivity contribution in [3.05, 3.63) is 6.20 Å². The topological polar surface area (TPSA) is 91.0 Å². The standard InChI is InChI=1S/C9H13N5O2/c1-2-14-5-6(3-8(14)15)9(16)11-7-4-10-13-12-7/h4,6H,2-3,5H2,1H3,(H2,10,11,12,13,16). The first kappa shape index (κ1) is 10.6. The molecular formula is C9H13N5O2. The molecule has 1 fully saturated rings. The molecule has 7 nitrogen and oxygen atoms in total. The van der Waals surface area contributed by atoms with E-state index in [1.165, 1.54) is 6.20 Å². The van der Waals surface area contributed by atoms with Gasteiger partial charge in [-0.05, 0) is 6.92 Å². The van der Waals surface area contributed by atoms with Gasteiger partial charge < -0.3 is 10.2 Å². The van der Waals surface area contributed by atoms with Crippen LogP contribution in [0.3, 0.4) is 0 Å². The van der Waals surface area contributed by atoms with Gasteiger partial charge in [-0.2, -0.15) is 10.3 Å². The maximum atomic E-state index is 11.7. The molecule has 16 heavy (non-hydrogen) atoms. The van der Waals surface area contributed by atoms with E-state index in [1.807, 2.05) is 6.92 Å². The number of nitrogens with one attached hydrogen (secondary N) is 2. The molecule has 1 unspecified atom stereocenters. The number of hydrogen-bond donors (Lipinski definition) is 2. The van der Waals surface area contributed by atoms with Crippen LogP contribution in [0, 0.1) is 5.92 Å². The van der Waals surface area contributed by atoms with Crippen LogP contribution in [0.1, 0.15) is 13.3 Å². The summed E-state index contributed by atoms with van der Waals surface area (Å²) < 4.78 is 0. The fourth-order valence-corrected chi connectivity index (χ4v) is 1.74. The summed E-state index contributed by atoms with van der Waals surface area (Å²) in [5.74, 6) is -0.0578. The van der Waals surface area contributed by atoms with Gasteiger partial charge in [-0.25, -0.2) is 0 Å². The van der Waals surface area contributed by atoms with E-state index >= 15 is 0 Å². The zero-order valence-corrected chi connectivity index (χ0v) is 8.93. The first-order valence-corrected chi connectivity index (χ1v) is 5.15. The molecule has 1 atom stereocenters. The first-order valence-electron chi connectivity index (χ1n) is 5.15. The van der Waals surface area contributed by atoms with Crippen molar-refractivity contribution < 1.29 is 9.59 Å². The maximum Gasteiger partial charge on any atom is 0.231 e. The Bertz CT molecular complexity index is 389. The molecule has 0 bridgehead atoms. The van der Waals surface area contributed by atoms with Gasteiger partial charge in [0, 0.05) is 19.5 Å². The van der Waals surface area contributed by atoms with Gasteiger partial charge >= 0.3 is 0 Å². The molecule has 0 spiro atoms. The van der Waals surface area contributed by atoms with Gasteiger partial charge in [-0.1, -0.05) is 0 Å². The summed E-state index contributed by atoms with van der Waals surface area (Å²) in [7, 11) is 0. The normalized spacial score (nSPS) is 20.2. The zero-order valence-electron chi connectivity index (χ0n) is 8.93. The Labute approximate surface area is 92.2 Å². The number of anilines is 1. The molecule has 0 aromatic carbocycles. The monoisotopic (exact) mass is 223 g/mol. The number of rotatable bonds is 3. The second-order valence-electron chi connectivity index (χ2n) is 3.68. The van der Waals surface area contributed by atoms with Crippen LogP contribution in [0.5, 0.6) is 0 Å². The van der Waals surface area contributed by atoms with Gasteiger partial charge in [0.1, 0.15) is 0 Å². The average Bonchev–Trinajstić information content (AvgIpc) is 2.87. The minimum atomic E-state index is -0.288. The largest absolute Gasteiger partial charge is 0.342 e. The Hall–Kier alpha value is -1.92. The number of H-pyrrole nitrogens is 1. The minimum Gasteiger partial charge on any atom is -0.342 e. The highest BCUT2D eigenvalue weighted by Gasteiger charge is 2.33. The third-order valence-electron chi connectivity index (χ3n) is 2.63. The van der Waals surface area contributed by atoms with E-state index in [0.717, 1.165) is 0 Å². The van der Waals surface area contributed by atoms with Crippen LogP contribution < -0.4 is 5.32 Å². The minimum absolute atomic E-state index is 0.0304. The SMILES string of the molecule is CCN1CC(C(=O)Nc2cn[nH]n2)CC1=O. The van der Waals surface area contributed by atoms with Crippen LogP contribution in [0.15, 0.2) is 6.20 Å². The number of carbonyl (C=O) groups excluding carboxylic acids is 2. The van der Waals surface area contributed by atoms with E-state index < -0.39 is 0 Å². The van der Waals surface area contributed by atoms with Gasteiger partial charge in [0.25, 0.3) is 0 Å². The zero-order chi connectivity index (χ0) is 11.5. The fourth-order valence-electron chi connectivity index (χ4n) is 1.74. The smallest absolute Gasteiger partial charge is 0.231 e. The number of aromatic amines is 1.